The topological polar surface area (TPSA) is 133 Å². The molecule has 202 valence electrons. The third kappa shape index (κ3) is 7.58. The molecule has 0 aliphatic heterocycles. The van der Waals surface area contributed by atoms with Crippen molar-refractivity contribution in [1.82, 2.24) is 35.8 Å². The molecule has 0 radical (unpaired) electrons. The summed E-state index contributed by atoms with van der Waals surface area (Å²) in [7, 11) is 3.21. The molecule has 3 aromatic rings. The zero-order valence-corrected chi connectivity index (χ0v) is 22.1. The van der Waals surface area contributed by atoms with Gasteiger partial charge in [0.2, 0.25) is 11.7 Å². The van der Waals surface area contributed by atoms with Crippen LogP contribution in [0.4, 0.5) is 0 Å². The fraction of sp³-hybridized carbons (Fsp3) is 0.481. The van der Waals surface area contributed by atoms with Crippen LogP contribution in [0.15, 0.2) is 36.4 Å². The Bertz CT molecular complexity index is 1240. The molecule has 38 heavy (non-hydrogen) atoms. The molecule has 4 rings (SSSR count). The Morgan fingerprint density at radius 1 is 1.11 bits per heavy atom. The quantitative estimate of drug-likeness (QED) is 0.394. The van der Waals surface area contributed by atoms with Gasteiger partial charge in [-0.2, -0.15) is 4.80 Å². The van der Waals surface area contributed by atoms with Crippen molar-refractivity contribution in [3.05, 3.63) is 53.3 Å². The molecule has 2 heterocycles. The Labute approximate surface area is 222 Å². The van der Waals surface area contributed by atoms with Gasteiger partial charge in [0, 0.05) is 37.4 Å². The van der Waals surface area contributed by atoms with Crippen LogP contribution in [0.1, 0.15) is 53.8 Å². The summed E-state index contributed by atoms with van der Waals surface area (Å²) in [5.41, 5.74) is 2.61. The number of benzene rings is 1. The van der Waals surface area contributed by atoms with Crippen molar-refractivity contribution < 1.29 is 19.1 Å². The molecule has 2 N–H and O–H groups in total. The molecule has 0 unspecified atom stereocenters. The van der Waals surface area contributed by atoms with Crippen LogP contribution in [-0.4, -0.2) is 63.9 Å². The SMILES string of the molecule is COCCC(=O)NC1CCC(Cn2nnc(-c3cc(C)nc(C(=O)NCc4cccc(OC)c4)c3)n2)CC1. The maximum Gasteiger partial charge on any atom is 0.270 e. The van der Waals surface area contributed by atoms with Gasteiger partial charge in [0.15, 0.2) is 0 Å². The summed E-state index contributed by atoms with van der Waals surface area (Å²) in [4.78, 5) is 30.8. The van der Waals surface area contributed by atoms with Crippen molar-refractivity contribution in [2.24, 2.45) is 5.92 Å². The number of ether oxygens (including phenoxy) is 2. The van der Waals surface area contributed by atoms with Crippen LogP contribution < -0.4 is 15.4 Å². The number of tetrazole rings is 1. The van der Waals surface area contributed by atoms with E-state index in [0.29, 0.717) is 54.8 Å². The molecule has 11 heteroatoms. The van der Waals surface area contributed by atoms with Gasteiger partial charge in [0.25, 0.3) is 5.91 Å². The smallest absolute Gasteiger partial charge is 0.270 e. The Kier molecular flexibility index (Phi) is 9.36. The number of hydrogen-bond donors (Lipinski definition) is 2. The number of aryl methyl sites for hydroxylation is 1. The molecule has 0 bridgehead atoms. The molecular weight excluding hydrogens is 486 g/mol. The molecule has 2 amide bonds. The lowest BCUT2D eigenvalue weighted by Gasteiger charge is -2.28. The predicted molar refractivity (Wildman–Crippen MR) is 140 cm³/mol. The largest absolute Gasteiger partial charge is 0.497 e. The van der Waals surface area contributed by atoms with Gasteiger partial charge in [-0.25, -0.2) is 4.98 Å². The summed E-state index contributed by atoms with van der Waals surface area (Å²) in [6.45, 7) is 3.29. The third-order valence-electron chi connectivity index (χ3n) is 6.65. The first-order valence-corrected chi connectivity index (χ1v) is 12.9. The zero-order chi connectivity index (χ0) is 26.9. The normalized spacial score (nSPS) is 17.1. The number of methoxy groups -OCH3 is 2. The summed E-state index contributed by atoms with van der Waals surface area (Å²) in [6.07, 6.45) is 4.23. The summed E-state index contributed by atoms with van der Waals surface area (Å²) >= 11 is 0. The van der Waals surface area contributed by atoms with Gasteiger partial charge in [0.05, 0.1) is 20.3 Å². The molecule has 1 aliphatic carbocycles. The standard InChI is InChI=1S/C27H35N7O4/c1-18-13-21(15-24(29-18)27(36)28-16-20-5-4-6-23(14-20)38-3)26-31-33-34(32-26)17-19-7-9-22(10-8-19)30-25(35)11-12-37-2/h4-6,13-15,19,22H,7-12,16-17H2,1-3H3,(H,28,36)(H,30,35). The molecule has 1 aliphatic rings. The van der Waals surface area contributed by atoms with E-state index >= 15 is 0 Å². The lowest BCUT2D eigenvalue weighted by molar-refractivity contribution is -0.122. The second kappa shape index (κ2) is 13.1. The highest BCUT2D eigenvalue weighted by Crippen LogP contribution is 2.26. The van der Waals surface area contributed by atoms with Crippen molar-refractivity contribution in [1.29, 1.82) is 0 Å². The van der Waals surface area contributed by atoms with E-state index in [4.69, 9.17) is 9.47 Å². The van der Waals surface area contributed by atoms with E-state index in [-0.39, 0.29) is 17.9 Å². The van der Waals surface area contributed by atoms with Gasteiger partial charge in [-0.05, 0) is 73.6 Å². The summed E-state index contributed by atoms with van der Waals surface area (Å²) in [5.74, 6) is 1.37. The highest BCUT2D eigenvalue weighted by atomic mass is 16.5. The maximum absolute atomic E-state index is 12.8. The van der Waals surface area contributed by atoms with E-state index < -0.39 is 0 Å². The monoisotopic (exact) mass is 521 g/mol. The van der Waals surface area contributed by atoms with Gasteiger partial charge in [-0.1, -0.05) is 12.1 Å². The molecule has 0 atom stereocenters. The average molecular weight is 522 g/mol. The highest BCUT2D eigenvalue weighted by Gasteiger charge is 2.23. The van der Waals surface area contributed by atoms with Crippen molar-refractivity contribution in [2.75, 3.05) is 20.8 Å². The van der Waals surface area contributed by atoms with Crippen LogP contribution >= 0.6 is 0 Å². The number of nitrogens with zero attached hydrogens (tertiary/aromatic N) is 5. The molecule has 1 saturated carbocycles. The molecule has 11 nitrogen and oxygen atoms in total. The molecule has 0 spiro atoms. The number of nitrogens with one attached hydrogen (secondary N) is 2. The fourth-order valence-electron chi connectivity index (χ4n) is 4.62. The van der Waals surface area contributed by atoms with Crippen LogP contribution in [0.5, 0.6) is 5.75 Å². The fourth-order valence-corrected chi connectivity index (χ4v) is 4.62. The first kappa shape index (κ1) is 27.2. The first-order chi connectivity index (χ1) is 18.4. The van der Waals surface area contributed by atoms with E-state index in [1.165, 1.54) is 0 Å². The molecule has 1 fully saturated rings. The van der Waals surface area contributed by atoms with E-state index in [1.54, 1.807) is 25.1 Å². The lowest BCUT2D eigenvalue weighted by Crippen LogP contribution is -2.38. The Hall–Kier alpha value is -3.86. The zero-order valence-electron chi connectivity index (χ0n) is 22.1. The average Bonchev–Trinajstić information content (AvgIpc) is 3.40. The van der Waals surface area contributed by atoms with Crippen LogP contribution in [0.3, 0.4) is 0 Å². The van der Waals surface area contributed by atoms with Gasteiger partial charge in [-0.15, -0.1) is 10.2 Å². The first-order valence-electron chi connectivity index (χ1n) is 12.9. The number of rotatable bonds is 11. The predicted octanol–water partition coefficient (Wildman–Crippen LogP) is 2.69. The highest BCUT2D eigenvalue weighted by molar-refractivity contribution is 5.93. The minimum absolute atomic E-state index is 0.0406. The Balaban J connectivity index is 1.32. The van der Waals surface area contributed by atoms with Crippen molar-refractivity contribution >= 4 is 11.8 Å². The number of amides is 2. The van der Waals surface area contributed by atoms with Crippen molar-refractivity contribution in [3.63, 3.8) is 0 Å². The minimum atomic E-state index is -0.281. The second-order valence-corrected chi connectivity index (χ2v) is 9.61. The van der Waals surface area contributed by atoms with Crippen molar-refractivity contribution in [3.8, 4) is 17.1 Å². The van der Waals surface area contributed by atoms with Gasteiger partial charge >= 0.3 is 0 Å². The molecule has 1 aromatic carbocycles. The van der Waals surface area contributed by atoms with Gasteiger partial charge in [-0.3, -0.25) is 9.59 Å². The van der Waals surface area contributed by atoms with Gasteiger partial charge in [0.1, 0.15) is 11.4 Å². The minimum Gasteiger partial charge on any atom is -0.497 e. The molecule has 2 aromatic heterocycles. The number of carbonyl (C=O) groups is 2. The van der Waals surface area contributed by atoms with Crippen LogP contribution in [-0.2, 0) is 22.6 Å². The number of pyridine rings is 1. The number of aromatic nitrogens is 5. The maximum atomic E-state index is 12.8. The summed E-state index contributed by atoms with van der Waals surface area (Å²) in [5, 5.41) is 19.0. The Morgan fingerprint density at radius 2 is 1.92 bits per heavy atom. The van der Waals surface area contributed by atoms with E-state index in [1.807, 2.05) is 37.3 Å². The second-order valence-electron chi connectivity index (χ2n) is 9.61. The summed E-state index contributed by atoms with van der Waals surface area (Å²) < 4.78 is 10.2. The third-order valence-corrected chi connectivity index (χ3v) is 6.65. The molecule has 0 saturated heterocycles. The van der Waals surface area contributed by atoms with Crippen molar-refractivity contribution in [2.45, 2.75) is 58.2 Å². The van der Waals surface area contributed by atoms with E-state index in [9.17, 15) is 9.59 Å². The molecular formula is C27H35N7O4. The van der Waals surface area contributed by atoms with E-state index in [0.717, 1.165) is 37.0 Å². The summed E-state index contributed by atoms with van der Waals surface area (Å²) in [6, 6.07) is 11.3. The van der Waals surface area contributed by atoms with Crippen LogP contribution in [0.25, 0.3) is 11.4 Å². The van der Waals surface area contributed by atoms with Gasteiger partial charge < -0.3 is 20.1 Å². The van der Waals surface area contributed by atoms with Crippen LogP contribution in [0, 0.1) is 12.8 Å². The Morgan fingerprint density at radius 3 is 2.68 bits per heavy atom. The number of carbonyl (C=O) groups excluding carboxylic acids is 2. The number of hydrogen-bond acceptors (Lipinski definition) is 8. The van der Waals surface area contributed by atoms with Crippen LogP contribution in [0.2, 0.25) is 0 Å². The lowest BCUT2D eigenvalue weighted by atomic mass is 9.86. The van der Waals surface area contributed by atoms with E-state index in [2.05, 4.69) is 31.0 Å².